The summed E-state index contributed by atoms with van der Waals surface area (Å²) < 4.78 is 29.7. The predicted octanol–water partition coefficient (Wildman–Crippen LogP) is 2.84. The fourth-order valence-corrected chi connectivity index (χ4v) is 4.62. The van der Waals surface area contributed by atoms with Gasteiger partial charge in [-0.2, -0.15) is 17.0 Å². The molecule has 0 N–H and O–H groups in total. The van der Waals surface area contributed by atoms with Crippen LogP contribution in [0.15, 0.2) is 24.4 Å². The van der Waals surface area contributed by atoms with Crippen molar-refractivity contribution in [1.82, 2.24) is 13.6 Å². The summed E-state index contributed by atoms with van der Waals surface area (Å²) in [6.45, 7) is 12.1. The molecule has 7 heteroatoms. The molecule has 1 aliphatic rings. The molecule has 1 aromatic rings. The number of nitrogens with zero attached hydrogens (tertiary/aromatic N) is 4. The van der Waals surface area contributed by atoms with Crippen LogP contribution in [0.4, 0.5) is 5.82 Å². The highest BCUT2D eigenvalue weighted by Gasteiger charge is 2.32. The molecule has 2 heterocycles. The van der Waals surface area contributed by atoms with Gasteiger partial charge in [-0.3, -0.25) is 0 Å². The number of hydrogen-bond donors (Lipinski definition) is 0. The molecule has 0 spiro atoms. The van der Waals surface area contributed by atoms with Crippen LogP contribution in [0.1, 0.15) is 40.5 Å². The van der Waals surface area contributed by atoms with Crippen LogP contribution in [0, 0.1) is 11.8 Å². The Labute approximate surface area is 159 Å². The van der Waals surface area contributed by atoms with Crippen LogP contribution in [0.2, 0.25) is 0 Å². The number of rotatable bonds is 9. The van der Waals surface area contributed by atoms with Gasteiger partial charge in [0.2, 0.25) is 0 Å². The lowest BCUT2D eigenvalue weighted by atomic mass is 10.1. The van der Waals surface area contributed by atoms with Gasteiger partial charge in [-0.25, -0.2) is 4.98 Å². The van der Waals surface area contributed by atoms with E-state index in [1.165, 1.54) is 0 Å². The van der Waals surface area contributed by atoms with Crippen LogP contribution >= 0.6 is 0 Å². The van der Waals surface area contributed by atoms with E-state index < -0.39 is 10.2 Å². The maximum Gasteiger partial charge on any atom is 0.282 e. The summed E-state index contributed by atoms with van der Waals surface area (Å²) in [5.41, 5.74) is 0. The van der Waals surface area contributed by atoms with Crippen molar-refractivity contribution in [2.24, 2.45) is 11.8 Å². The predicted molar refractivity (Wildman–Crippen MR) is 107 cm³/mol. The van der Waals surface area contributed by atoms with E-state index >= 15 is 0 Å². The van der Waals surface area contributed by atoms with E-state index in [9.17, 15) is 8.42 Å². The molecule has 0 atom stereocenters. The molecule has 0 aliphatic carbocycles. The number of anilines is 1. The molecular formula is C19H34N4O2S. The molecule has 0 radical (unpaired) electrons. The van der Waals surface area contributed by atoms with Crippen molar-refractivity contribution >= 4 is 16.0 Å². The van der Waals surface area contributed by atoms with Crippen molar-refractivity contribution in [3.05, 3.63) is 24.4 Å². The van der Waals surface area contributed by atoms with Gasteiger partial charge in [0.25, 0.3) is 10.2 Å². The van der Waals surface area contributed by atoms with Crippen molar-refractivity contribution in [3.8, 4) is 0 Å². The second kappa shape index (κ2) is 9.67. The monoisotopic (exact) mass is 382 g/mol. The van der Waals surface area contributed by atoms with Gasteiger partial charge in [0.15, 0.2) is 0 Å². The van der Waals surface area contributed by atoms with Crippen molar-refractivity contribution in [3.63, 3.8) is 0 Å². The van der Waals surface area contributed by atoms with E-state index in [0.717, 1.165) is 18.7 Å². The normalized spacial score (nSPS) is 16.8. The van der Waals surface area contributed by atoms with Crippen molar-refractivity contribution in [1.29, 1.82) is 0 Å². The van der Waals surface area contributed by atoms with Crippen LogP contribution in [-0.2, 0) is 10.2 Å². The minimum Gasteiger partial charge on any atom is -0.354 e. The zero-order valence-electron chi connectivity index (χ0n) is 16.6. The highest BCUT2D eigenvalue weighted by Crippen LogP contribution is 2.18. The minimum absolute atomic E-state index is 0.493. The maximum absolute atomic E-state index is 13.2. The summed E-state index contributed by atoms with van der Waals surface area (Å²) in [6, 6.07) is 5.83. The minimum atomic E-state index is -3.40. The molecule has 0 bridgehead atoms. The van der Waals surface area contributed by atoms with Crippen molar-refractivity contribution < 1.29 is 8.42 Å². The second-order valence-corrected chi connectivity index (χ2v) is 9.77. The number of pyridine rings is 1. The molecule has 0 saturated carbocycles. The summed E-state index contributed by atoms with van der Waals surface area (Å²) in [4.78, 5) is 6.52. The van der Waals surface area contributed by atoms with Gasteiger partial charge in [-0.05, 0) is 36.8 Å². The SMILES string of the molecule is CC(C)CCN(CCC(C)C)S(=O)(=O)N1CCN(c2ccccn2)CC1. The largest absolute Gasteiger partial charge is 0.354 e. The van der Waals surface area contributed by atoms with Crippen molar-refractivity contribution in [2.45, 2.75) is 40.5 Å². The Morgan fingerprint density at radius 2 is 1.58 bits per heavy atom. The number of piperazine rings is 1. The fourth-order valence-electron chi connectivity index (χ4n) is 3.00. The molecule has 0 amide bonds. The topological polar surface area (TPSA) is 56.8 Å². The third-order valence-corrected chi connectivity index (χ3v) is 6.81. The zero-order valence-corrected chi connectivity index (χ0v) is 17.5. The number of hydrogen-bond acceptors (Lipinski definition) is 4. The molecule has 1 saturated heterocycles. The van der Waals surface area contributed by atoms with E-state index in [0.29, 0.717) is 51.1 Å². The lowest BCUT2D eigenvalue weighted by Crippen LogP contribution is -2.53. The van der Waals surface area contributed by atoms with Crippen LogP contribution in [0.3, 0.4) is 0 Å². The zero-order chi connectivity index (χ0) is 19.2. The molecule has 1 fully saturated rings. The van der Waals surface area contributed by atoms with Gasteiger partial charge in [-0.1, -0.05) is 33.8 Å². The van der Waals surface area contributed by atoms with Gasteiger partial charge in [0.1, 0.15) is 5.82 Å². The average molecular weight is 383 g/mol. The standard InChI is InChI=1S/C19H34N4O2S/c1-17(2)8-11-22(12-9-18(3)4)26(24,25)23-15-13-21(14-16-23)19-7-5-6-10-20-19/h5-7,10,17-18H,8-9,11-16H2,1-4H3. The van der Waals surface area contributed by atoms with Crippen LogP contribution < -0.4 is 4.90 Å². The first-order chi connectivity index (χ1) is 12.3. The van der Waals surface area contributed by atoms with Gasteiger partial charge >= 0.3 is 0 Å². The Morgan fingerprint density at radius 3 is 2.04 bits per heavy atom. The first-order valence-corrected chi connectivity index (χ1v) is 11.1. The summed E-state index contributed by atoms with van der Waals surface area (Å²) in [5.74, 6) is 1.90. The Kier molecular flexibility index (Phi) is 7.85. The Hall–Kier alpha value is -1.18. The van der Waals surface area contributed by atoms with E-state index in [1.807, 2.05) is 18.2 Å². The lowest BCUT2D eigenvalue weighted by molar-refractivity contribution is 0.303. The average Bonchev–Trinajstić information content (AvgIpc) is 2.62. The first-order valence-electron chi connectivity index (χ1n) is 9.72. The van der Waals surface area contributed by atoms with E-state index in [2.05, 4.69) is 37.6 Å². The molecule has 148 valence electrons. The maximum atomic E-state index is 13.2. The Balaban J connectivity index is 2.01. The molecule has 0 unspecified atom stereocenters. The Morgan fingerprint density at radius 1 is 1.00 bits per heavy atom. The molecular weight excluding hydrogens is 348 g/mol. The summed E-state index contributed by atoms with van der Waals surface area (Å²) in [7, 11) is -3.40. The fraction of sp³-hybridized carbons (Fsp3) is 0.737. The highest BCUT2D eigenvalue weighted by molar-refractivity contribution is 7.86. The molecule has 6 nitrogen and oxygen atoms in total. The van der Waals surface area contributed by atoms with E-state index in [4.69, 9.17) is 0 Å². The molecule has 1 aliphatic heterocycles. The van der Waals surface area contributed by atoms with Crippen molar-refractivity contribution in [2.75, 3.05) is 44.2 Å². The summed E-state index contributed by atoms with van der Waals surface area (Å²) in [6.07, 6.45) is 3.56. The number of aromatic nitrogens is 1. The molecule has 1 aromatic heterocycles. The quantitative estimate of drug-likeness (QED) is 0.659. The van der Waals surface area contributed by atoms with Gasteiger partial charge in [-0.15, -0.1) is 0 Å². The highest BCUT2D eigenvalue weighted by atomic mass is 32.2. The molecule has 0 aromatic carbocycles. The summed E-state index contributed by atoms with van der Waals surface area (Å²) in [5, 5.41) is 0. The van der Waals surface area contributed by atoms with Crippen LogP contribution in [-0.4, -0.2) is 61.3 Å². The Bertz CT molecular complexity index is 614. The van der Waals surface area contributed by atoms with E-state index in [-0.39, 0.29) is 0 Å². The summed E-state index contributed by atoms with van der Waals surface area (Å²) >= 11 is 0. The van der Waals surface area contributed by atoms with Gasteiger partial charge in [0.05, 0.1) is 0 Å². The molecule has 2 rings (SSSR count). The van der Waals surface area contributed by atoms with Gasteiger partial charge in [0, 0.05) is 45.5 Å². The van der Waals surface area contributed by atoms with Crippen LogP contribution in [0.5, 0.6) is 0 Å². The third-order valence-electron chi connectivity index (χ3n) is 4.78. The van der Waals surface area contributed by atoms with E-state index in [1.54, 1.807) is 14.8 Å². The lowest BCUT2D eigenvalue weighted by Gasteiger charge is -2.37. The molecule has 26 heavy (non-hydrogen) atoms. The van der Waals surface area contributed by atoms with Crippen LogP contribution in [0.25, 0.3) is 0 Å². The smallest absolute Gasteiger partial charge is 0.282 e. The van der Waals surface area contributed by atoms with Gasteiger partial charge < -0.3 is 4.90 Å². The first kappa shape index (κ1) is 21.1. The third kappa shape index (κ3) is 5.93. The second-order valence-electron chi connectivity index (χ2n) is 7.85.